The average Bonchev–Trinajstić information content (AvgIpc) is 3.75. The van der Waals surface area contributed by atoms with Crippen molar-refractivity contribution >= 4 is 25.2 Å². The minimum absolute atomic E-state index is 0. The van der Waals surface area contributed by atoms with Crippen molar-refractivity contribution in [1.82, 2.24) is 5.32 Å². The van der Waals surface area contributed by atoms with Crippen LogP contribution in [-0.2, 0) is 11.3 Å². The predicted molar refractivity (Wildman–Crippen MR) is 157 cm³/mol. The van der Waals surface area contributed by atoms with Gasteiger partial charge in [0.15, 0.2) is 0 Å². The van der Waals surface area contributed by atoms with Crippen LogP contribution in [0.5, 0.6) is 11.5 Å². The van der Waals surface area contributed by atoms with Crippen molar-refractivity contribution < 1.29 is 28.2 Å². The van der Waals surface area contributed by atoms with E-state index in [1.54, 1.807) is 7.11 Å². The van der Waals surface area contributed by atoms with E-state index in [2.05, 4.69) is 22.3 Å². The number of halogens is 2. The predicted octanol–water partition coefficient (Wildman–Crippen LogP) is 6.21. The highest BCUT2D eigenvalue weighted by atomic mass is 32.1. The lowest BCUT2D eigenvalue weighted by Gasteiger charge is -2.36. The van der Waals surface area contributed by atoms with E-state index in [0.29, 0.717) is 31.5 Å². The van der Waals surface area contributed by atoms with Gasteiger partial charge in [-0.1, -0.05) is 18.2 Å². The molecule has 2 saturated carbocycles. The molecule has 2 aromatic rings. The second kappa shape index (κ2) is 13.4. The highest BCUT2D eigenvalue weighted by Crippen LogP contribution is 2.45. The van der Waals surface area contributed by atoms with Crippen LogP contribution in [0.2, 0.25) is 0 Å². The summed E-state index contributed by atoms with van der Waals surface area (Å²) < 4.78 is 38.0. The number of alkyl halides is 2. The number of ether oxygens (including phenoxy) is 2. The van der Waals surface area contributed by atoms with Gasteiger partial charge >= 0.3 is 5.97 Å². The fraction of sp³-hybridized carbons (Fsp3) is 0.581. The summed E-state index contributed by atoms with van der Waals surface area (Å²) in [4.78, 5) is 13.8. The minimum atomic E-state index is -2.48. The number of anilines is 1. The molecule has 0 radical (unpaired) electrons. The molecule has 1 heterocycles. The van der Waals surface area contributed by atoms with Gasteiger partial charge in [0.05, 0.1) is 20.1 Å². The van der Waals surface area contributed by atoms with Crippen molar-refractivity contribution in [3.63, 3.8) is 0 Å². The molecule has 1 aliphatic heterocycles. The average molecular weight is 577 g/mol. The van der Waals surface area contributed by atoms with Gasteiger partial charge in [-0.3, -0.25) is 4.79 Å². The molecular weight excluding hydrogens is 534 g/mol. The molecular formula is C31H42F2N2O4S. The molecule has 0 unspecified atom stereocenters. The van der Waals surface area contributed by atoms with Crippen LogP contribution in [-0.4, -0.2) is 50.3 Å². The molecule has 5 rings (SSSR count). The van der Waals surface area contributed by atoms with Crippen molar-refractivity contribution in [3.05, 3.63) is 53.6 Å². The zero-order valence-corrected chi connectivity index (χ0v) is 24.2. The maximum atomic E-state index is 13.2. The number of nitrogens with zero attached hydrogens (tertiary/aromatic N) is 1. The van der Waals surface area contributed by atoms with Crippen molar-refractivity contribution in [1.29, 1.82) is 0 Å². The van der Waals surface area contributed by atoms with E-state index < -0.39 is 11.9 Å². The minimum Gasteiger partial charge on any atom is -0.497 e. The van der Waals surface area contributed by atoms with Gasteiger partial charge in [-0.05, 0) is 85.2 Å². The number of aliphatic carboxylic acids is 1. The number of benzene rings is 2. The molecule has 2 aromatic carbocycles. The lowest BCUT2D eigenvalue weighted by atomic mass is 9.81. The Hall–Kier alpha value is -2.52. The van der Waals surface area contributed by atoms with Crippen LogP contribution >= 0.6 is 13.5 Å². The van der Waals surface area contributed by atoms with Crippen LogP contribution in [0.4, 0.5) is 14.5 Å². The van der Waals surface area contributed by atoms with Gasteiger partial charge in [0.1, 0.15) is 11.5 Å². The van der Waals surface area contributed by atoms with Crippen molar-refractivity contribution in [2.24, 2.45) is 17.8 Å². The molecule has 0 amide bonds. The summed E-state index contributed by atoms with van der Waals surface area (Å²) in [6, 6.07) is 14.1. The number of nitrogens with one attached hydrogen (secondary N) is 1. The molecule has 2 aliphatic carbocycles. The summed E-state index contributed by atoms with van der Waals surface area (Å²) in [6.45, 7) is 3.71. The Morgan fingerprint density at radius 2 is 1.82 bits per heavy atom. The number of piperidine rings is 1. The second-order valence-electron chi connectivity index (χ2n) is 11.6. The van der Waals surface area contributed by atoms with E-state index in [0.717, 1.165) is 67.1 Å². The fourth-order valence-electron chi connectivity index (χ4n) is 6.09. The first-order valence-corrected chi connectivity index (χ1v) is 14.2. The van der Waals surface area contributed by atoms with Gasteiger partial charge < -0.3 is 24.8 Å². The molecule has 0 bridgehead atoms. The van der Waals surface area contributed by atoms with E-state index in [1.165, 1.54) is 0 Å². The van der Waals surface area contributed by atoms with E-state index in [1.807, 2.05) is 30.3 Å². The normalized spacial score (nSPS) is 19.8. The quantitative estimate of drug-likeness (QED) is 0.296. The smallest absolute Gasteiger partial charge is 0.303 e. The summed E-state index contributed by atoms with van der Waals surface area (Å²) in [5, 5.41) is 12.7. The van der Waals surface area contributed by atoms with E-state index in [9.17, 15) is 18.7 Å². The van der Waals surface area contributed by atoms with Gasteiger partial charge in [-0.2, -0.15) is 13.5 Å². The molecule has 3 aliphatic rings. The van der Waals surface area contributed by atoms with E-state index >= 15 is 0 Å². The molecule has 40 heavy (non-hydrogen) atoms. The van der Waals surface area contributed by atoms with Gasteiger partial charge in [-0.15, -0.1) is 0 Å². The Labute approximate surface area is 242 Å². The van der Waals surface area contributed by atoms with Crippen LogP contribution in [0, 0.1) is 17.8 Å². The number of methoxy groups -OCH3 is 1. The summed E-state index contributed by atoms with van der Waals surface area (Å²) in [5.74, 6) is -0.570. The second-order valence-corrected chi connectivity index (χ2v) is 11.6. The number of rotatable bonds is 13. The lowest BCUT2D eigenvalue weighted by molar-refractivity contribution is -0.137. The largest absolute Gasteiger partial charge is 0.497 e. The van der Waals surface area contributed by atoms with Crippen LogP contribution < -0.4 is 19.7 Å². The lowest BCUT2D eigenvalue weighted by Crippen LogP contribution is -2.41. The van der Waals surface area contributed by atoms with Gasteiger partial charge in [0.2, 0.25) is 5.92 Å². The third-order valence-electron chi connectivity index (χ3n) is 8.53. The molecule has 0 spiro atoms. The molecule has 2 N–H and O–H groups in total. The Morgan fingerprint density at radius 1 is 1.07 bits per heavy atom. The monoisotopic (exact) mass is 576 g/mol. The van der Waals surface area contributed by atoms with Crippen LogP contribution in [0.3, 0.4) is 0 Å². The Balaban J connectivity index is 0.00000370. The number of carboxylic acid groups (broad SMARTS) is 1. The first kappa shape index (κ1) is 30.4. The maximum absolute atomic E-state index is 13.2. The Kier molecular flexibility index (Phi) is 10.2. The summed E-state index contributed by atoms with van der Waals surface area (Å²) in [5.41, 5.74) is 3.36. The van der Waals surface area contributed by atoms with Crippen molar-refractivity contribution in [2.75, 3.05) is 38.3 Å². The molecule has 220 valence electrons. The van der Waals surface area contributed by atoms with E-state index in [4.69, 9.17) is 9.47 Å². The maximum Gasteiger partial charge on any atom is 0.303 e. The molecule has 1 atom stereocenters. The number of hydrogen-bond acceptors (Lipinski definition) is 5. The van der Waals surface area contributed by atoms with Gasteiger partial charge in [-0.25, -0.2) is 8.78 Å². The van der Waals surface area contributed by atoms with Crippen LogP contribution in [0.25, 0.3) is 0 Å². The van der Waals surface area contributed by atoms with Crippen molar-refractivity contribution in [3.8, 4) is 11.5 Å². The summed E-state index contributed by atoms with van der Waals surface area (Å²) in [7, 11) is 1.67. The van der Waals surface area contributed by atoms with Crippen LogP contribution in [0.1, 0.15) is 62.0 Å². The molecule has 1 saturated heterocycles. The van der Waals surface area contributed by atoms with E-state index in [-0.39, 0.29) is 44.6 Å². The first-order chi connectivity index (χ1) is 18.8. The number of carbonyl (C=O) groups is 1. The molecule has 9 heteroatoms. The van der Waals surface area contributed by atoms with Crippen molar-refractivity contribution in [2.45, 2.75) is 63.3 Å². The zero-order valence-electron chi connectivity index (χ0n) is 23.2. The summed E-state index contributed by atoms with van der Waals surface area (Å²) in [6.07, 6.45) is 4.36. The SMILES string of the molecule is COc1ccc(CNCC2CC(F)(F)C2)c(N2CCC(COc3cccc([C@@H](CC(=O)O)C4CC4)c3)CC2)c1.S. The molecule has 6 nitrogen and oxygen atoms in total. The third-order valence-corrected chi connectivity index (χ3v) is 8.53. The highest BCUT2D eigenvalue weighted by molar-refractivity contribution is 7.59. The third kappa shape index (κ3) is 8.03. The first-order valence-electron chi connectivity index (χ1n) is 14.2. The molecule has 3 fully saturated rings. The van der Waals surface area contributed by atoms with Gasteiger partial charge in [0.25, 0.3) is 0 Å². The number of hydrogen-bond donors (Lipinski definition) is 2. The Bertz CT molecular complexity index is 1130. The standard InChI is InChI=1S/C31H40F2N2O4.H2S/c1-38-26-8-7-25(19-34-18-22-16-31(32,33)17-22)29(14-26)35-11-9-21(10-12-35)20-39-27-4-2-3-24(13-27)28(15-30(36)37)23-5-6-23;/h2-4,7-8,13-14,21-23,28,34H,5-6,9-12,15-20H2,1H3,(H,36,37);1H2/t28-;/m0./s1. The van der Waals surface area contributed by atoms with Crippen LogP contribution in [0.15, 0.2) is 42.5 Å². The number of carboxylic acids is 1. The molecule has 0 aromatic heterocycles. The fourth-order valence-corrected chi connectivity index (χ4v) is 6.09. The zero-order chi connectivity index (χ0) is 27.4. The topological polar surface area (TPSA) is 71.0 Å². The summed E-state index contributed by atoms with van der Waals surface area (Å²) >= 11 is 0. The Morgan fingerprint density at radius 3 is 2.48 bits per heavy atom. The highest BCUT2D eigenvalue weighted by Gasteiger charge is 2.44. The van der Waals surface area contributed by atoms with Gasteiger partial charge in [0, 0.05) is 44.2 Å².